The molecular weight excluding hydrogens is 402 g/mol. The first kappa shape index (κ1) is 20.5. The second-order valence-corrected chi connectivity index (χ2v) is 8.60. The first-order valence-electron chi connectivity index (χ1n) is 11.5. The quantitative estimate of drug-likeness (QED) is 0.684. The van der Waals surface area contributed by atoms with Gasteiger partial charge >= 0.3 is 0 Å². The van der Waals surface area contributed by atoms with Gasteiger partial charge in [0, 0.05) is 25.7 Å². The van der Waals surface area contributed by atoms with Crippen LogP contribution in [0.2, 0.25) is 0 Å². The number of nitrogens with one attached hydrogen (secondary N) is 1. The summed E-state index contributed by atoms with van der Waals surface area (Å²) in [7, 11) is 1.96. The lowest BCUT2D eigenvalue weighted by atomic mass is 10.0. The Morgan fingerprint density at radius 2 is 2.00 bits per heavy atom. The van der Waals surface area contributed by atoms with Crippen molar-refractivity contribution in [3.8, 4) is 0 Å². The van der Waals surface area contributed by atoms with Crippen molar-refractivity contribution in [2.24, 2.45) is 7.05 Å². The van der Waals surface area contributed by atoms with Gasteiger partial charge in [0.25, 0.3) is 11.8 Å². The third kappa shape index (κ3) is 3.42. The third-order valence-electron chi connectivity index (χ3n) is 6.77. The fourth-order valence-corrected chi connectivity index (χ4v) is 5.05. The molecule has 1 saturated heterocycles. The van der Waals surface area contributed by atoms with Crippen LogP contribution < -0.4 is 10.2 Å². The van der Waals surface area contributed by atoms with Crippen molar-refractivity contribution in [2.75, 3.05) is 18.0 Å². The molecule has 1 fully saturated rings. The molecule has 166 valence electrons. The van der Waals surface area contributed by atoms with Crippen LogP contribution >= 0.6 is 0 Å². The maximum atomic E-state index is 13.2. The first-order valence-corrected chi connectivity index (χ1v) is 11.5. The largest absolute Gasteiger partial charge is 0.351 e. The summed E-state index contributed by atoms with van der Waals surface area (Å²) in [6.45, 7) is 4.06. The van der Waals surface area contributed by atoms with Gasteiger partial charge in [0.15, 0.2) is 0 Å². The van der Waals surface area contributed by atoms with Crippen molar-refractivity contribution in [3.63, 3.8) is 0 Å². The number of hydrogen-bond acceptors (Lipinski definition) is 4. The number of aromatic nitrogens is 2. The molecule has 1 N–H and O–H groups in total. The molecule has 0 saturated carbocycles. The van der Waals surface area contributed by atoms with Crippen LogP contribution in [-0.2, 0) is 13.6 Å². The Balaban J connectivity index is 1.39. The summed E-state index contributed by atoms with van der Waals surface area (Å²) >= 11 is 0. The van der Waals surface area contributed by atoms with Gasteiger partial charge in [-0.25, -0.2) is 4.98 Å². The van der Waals surface area contributed by atoms with E-state index in [1.165, 1.54) is 0 Å². The van der Waals surface area contributed by atoms with E-state index >= 15 is 0 Å². The minimum Gasteiger partial charge on any atom is -0.351 e. The van der Waals surface area contributed by atoms with Crippen LogP contribution in [-0.4, -0.2) is 45.5 Å². The van der Waals surface area contributed by atoms with Gasteiger partial charge in [0.05, 0.1) is 28.8 Å². The highest BCUT2D eigenvalue weighted by molar-refractivity contribution is 6.04. The van der Waals surface area contributed by atoms with Crippen LogP contribution in [0.15, 0.2) is 42.5 Å². The van der Waals surface area contributed by atoms with Crippen molar-refractivity contribution >= 4 is 28.5 Å². The number of nitrogens with zero attached hydrogens (tertiary/aromatic N) is 4. The lowest BCUT2D eigenvalue weighted by Crippen LogP contribution is -2.55. The predicted octanol–water partition coefficient (Wildman–Crippen LogP) is 3.69. The first-order chi connectivity index (χ1) is 15.6. The predicted molar refractivity (Wildman–Crippen MR) is 125 cm³/mol. The molecular formula is C25H29N5O2. The normalized spacial score (nSPS) is 18.3. The molecule has 7 nitrogen and oxygen atoms in total. The van der Waals surface area contributed by atoms with Gasteiger partial charge in [-0.3, -0.25) is 9.59 Å². The van der Waals surface area contributed by atoms with Crippen molar-refractivity contribution < 1.29 is 9.59 Å². The van der Waals surface area contributed by atoms with Crippen LogP contribution in [0.5, 0.6) is 0 Å². The molecule has 2 aliphatic heterocycles. The highest BCUT2D eigenvalue weighted by Crippen LogP contribution is 2.35. The lowest BCUT2D eigenvalue weighted by Gasteiger charge is -2.44. The van der Waals surface area contributed by atoms with E-state index in [9.17, 15) is 9.59 Å². The van der Waals surface area contributed by atoms with Crippen LogP contribution in [0.3, 0.4) is 0 Å². The number of carbonyl (C=O) groups is 2. The summed E-state index contributed by atoms with van der Waals surface area (Å²) in [5.74, 6) is 0.729. The monoisotopic (exact) mass is 431 g/mol. The molecule has 2 aliphatic rings. The molecule has 3 aromatic rings. The second-order valence-electron chi connectivity index (χ2n) is 8.60. The molecule has 0 unspecified atom stereocenters. The highest BCUT2D eigenvalue weighted by Gasteiger charge is 2.37. The number of amides is 2. The highest BCUT2D eigenvalue weighted by atomic mass is 16.2. The summed E-state index contributed by atoms with van der Waals surface area (Å²) in [5, 5.41) is 3.00. The van der Waals surface area contributed by atoms with Gasteiger partial charge in [-0.2, -0.15) is 0 Å². The van der Waals surface area contributed by atoms with Gasteiger partial charge in [-0.15, -0.1) is 0 Å². The smallest absolute Gasteiger partial charge is 0.257 e. The van der Waals surface area contributed by atoms with Crippen molar-refractivity contribution in [1.29, 1.82) is 0 Å². The van der Waals surface area contributed by atoms with Crippen LogP contribution in [0, 0.1) is 0 Å². The van der Waals surface area contributed by atoms with E-state index < -0.39 is 0 Å². The van der Waals surface area contributed by atoms with Crippen LogP contribution in [0.25, 0.3) is 11.0 Å². The molecule has 2 amide bonds. The number of para-hydroxylation sites is 2. The molecule has 0 aliphatic carbocycles. The molecule has 0 bridgehead atoms. The van der Waals surface area contributed by atoms with Crippen LogP contribution in [0.4, 0.5) is 5.69 Å². The Labute approximate surface area is 188 Å². The Hall–Kier alpha value is -3.35. The minimum atomic E-state index is -0.161. The van der Waals surface area contributed by atoms with Gasteiger partial charge in [0.2, 0.25) is 0 Å². The molecule has 3 heterocycles. The van der Waals surface area contributed by atoms with Gasteiger partial charge < -0.3 is 19.7 Å². The molecule has 5 rings (SSSR count). The topological polar surface area (TPSA) is 70.5 Å². The Bertz CT molecular complexity index is 1180. The summed E-state index contributed by atoms with van der Waals surface area (Å²) < 4.78 is 2.00. The summed E-state index contributed by atoms with van der Waals surface area (Å²) in [5.41, 5.74) is 4.08. The average Bonchev–Trinajstić information content (AvgIpc) is 2.97. The Morgan fingerprint density at radius 3 is 2.81 bits per heavy atom. The number of hydrogen-bond donors (Lipinski definition) is 1. The number of anilines is 1. The zero-order valence-corrected chi connectivity index (χ0v) is 18.7. The zero-order valence-electron chi connectivity index (χ0n) is 18.7. The molecule has 7 heteroatoms. The molecule has 0 radical (unpaired) electrons. The lowest BCUT2D eigenvalue weighted by molar-refractivity contribution is 0.0656. The number of fused-ring (bicyclic) bond motifs is 3. The number of carbonyl (C=O) groups excluding carboxylic acids is 2. The SMILES string of the molecule is CCN1c2cc(C(=O)NCc3nc4ccccc4n3C)ccc2C(=O)N2CCCCC[C@@H]21. The van der Waals surface area contributed by atoms with E-state index in [1.807, 2.05) is 52.9 Å². The minimum absolute atomic E-state index is 0.0841. The second kappa shape index (κ2) is 8.30. The molecule has 0 spiro atoms. The molecule has 1 atom stereocenters. The summed E-state index contributed by atoms with van der Waals surface area (Å²) in [6.07, 6.45) is 4.39. The number of imidazole rings is 1. The van der Waals surface area contributed by atoms with E-state index in [0.29, 0.717) is 17.7 Å². The van der Waals surface area contributed by atoms with Crippen LogP contribution in [0.1, 0.15) is 59.1 Å². The number of aryl methyl sites for hydroxylation is 1. The Kier molecular flexibility index (Phi) is 5.33. The van der Waals surface area contributed by atoms with E-state index in [1.54, 1.807) is 6.07 Å². The summed E-state index contributed by atoms with van der Waals surface area (Å²) in [4.78, 5) is 35.1. The van der Waals surface area contributed by atoms with Crippen molar-refractivity contribution in [3.05, 3.63) is 59.4 Å². The molecule has 2 aromatic carbocycles. The average molecular weight is 432 g/mol. The maximum absolute atomic E-state index is 13.2. The summed E-state index contributed by atoms with van der Waals surface area (Å²) in [6, 6.07) is 13.4. The standard InChI is InChI=1S/C25H29N5O2/c1-3-29-21-15-17(12-13-18(21)25(32)30-14-8-4-5-11-23(29)30)24(31)26-16-22-27-19-9-6-7-10-20(19)28(22)2/h6-7,9-10,12-13,15,23H,3-5,8,11,14,16H2,1-2H3,(H,26,31)/t23-/m1/s1. The van der Waals surface area contributed by atoms with Gasteiger partial charge in [-0.05, 0) is 56.5 Å². The number of benzene rings is 2. The maximum Gasteiger partial charge on any atom is 0.257 e. The zero-order chi connectivity index (χ0) is 22.2. The van der Waals surface area contributed by atoms with Crippen molar-refractivity contribution in [1.82, 2.24) is 19.8 Å². The van der Waals surface area contributed by atoms with Crippen molar-refractivity contribution in [2.45, 2.75) is 45.3 Å². The Morgan fingerprint density at radius 1 is 1.16 bits per heavy atom. The van der Waals surface area contributed by atoms with E-state index in [0.717, 1.165) is 61.3 Å². The van der Waals surface area contributed by atoms with Gasteiger partial charge in [-0.1, -0.05) is 18.6 Å². The number of rotatable bonds is 4. The molecule has 32 heavy (non-hydrogen) atoms. The fourth-order valence-electron chi connectivity index (χ4n) is 5.05. The van der Waals surface area contributed by atoms with Gasteiger partial charge in [0.1, 0.15) is 12.0 Å². The van der Waals surface area contributed by atoms with E-state index in [2.05, 4.69) is 22.1 Å². The fraction of sp³-hybridized carbons (Fsp3) is 0.400. The molecule has 1 aromatic heterocycles. The van der Waals surface area contributed by atoms with E-state index in [4.69, 9.17) is 0 Å². The third-order valence-corrected chi connectivity index (χ3v) is 6.77. The van der Waals surface area contributed by atoms with E-state index in [-0.39, 0.29) is 18.0 Å².